The summed E-state index contributed by atoms with van der Waals surface area (Å²) in [6, 6.07) is 16.9. The van der Waals surface area contributed by atoms with Crippen LogP contribution in [-0.4, -0.2) is 49.1 Å². The summed E-state index contributed by atoms with van der Waals surface area (Å²) in [5.41, 5.74) is 3.36. The molecule has 0 aliphatic carbocycles. The monoisotopic (exact) mass is 441 g/mol. The molecule has 2 atom stereocenters. The van der Waals surface area contributed by atoms with Crippen molar-refractivity contribution in [3.63, 3.8) is 0 Å². The van der Waals surface area contributed by atoms with Gasteiger partial charge in [0.2, 0.25) is 0 Å². The van der Waals surface area contributed by atoms with Crippen LogP contribution in [0, 0.1) is 0 Å². The first-order chi connectivity index (χ1) is 15.1. The third kappa shape index (κ3) is 8.07. The van der Waals surface area contributed by atoms with Gasteiger partial charge < -0.3 is 14.8 Å². The average molecular weight is 442 g/mol. The van der Waals surface area contributed by atoms with Crippen molar-refractivity contribution >= 4 is 29.8 Å². The SMILES string of the molecule is C[C@H](Sc1ccccc1)C(=O)N/N=C\c1ccc(OCC(=O)NC[C@H]2CCCO2)cc1. The number of rotatable bonds is 10. The number of thioether (sulfide) groups is 1. The fourth-order valence-corrected chi connectivity index (χ4v) is 3.78. The molecule has 1 saturated heterocycles. The van der Waals surface area contributed by atoms with Crippen molar-refractivity contribution in [2.24, 2.45) is 5.10 Å². The number of carbonyl (C=O) groups excluding carboxylic acids is 2. The molecule has 0 bridgehead atoms. The summed E-state index contributed by atoms with van der Waals surface area (Å²) in [7, 11) is 0. The van der Waals surface area contributed by atoms with E-state index in [4.69, 9.17) is 9.47 Å². The Morgan fingerprint density at radius 3 is 2.71 bits per heavy atom. The van der Waals surface area contributed by atoms with Gasteiger partial charge >= 0.3 is 0 Å². The lowest BCUT2D eigenvalue weighted by molar-refractivity contribution is -0.123. The molecule has 1 fully saturated rings. The molecule has 8 heteroatoms. The predicted molar refractivity (Wildman–Crippen MR) is 121 cm³/mol. The average Bonchev–Trinajstić information content (AvgIpc) is 3.31. The van der Waals surface area contributed by atoms with Crippen LogP contribution in [0.4, 0.5) is 0 Å². The number of hydrogen-bond donors (Lipinski definition) is 2. The smallest absolute Gasteiger partial charge is 0.258 e. The van der Waals surface area contributed by atoms with Crippen molar-refractivity contribution in [1.29, 1.82) is 0 Å². The van der Waals surface area contributed by atoms with Crippen LogP contribution in [0.2, 0.25) is 0 Å². The van der Waals surface area contributed by atoms with Crippen LogP contribution in [-0.2, 0) is 14.3 Å². The lowest BCUT2D eigenvalue weighted by atomic mass is 10.2. The summed E-state index contributed by atoms with van der Waals surface area (Å²) in [4.78, 5) is 25.1. The molecule has 1 aliphatic rings. The van der Waals surface area contributed by atoms with Gasteiger partial charge in [-0.3, -0.25) is 9.59 Å². The van der Waals surface area contributed by atoms with Gasteiger partial charge in [0.25, 0.3) is 11.8 Å². The molecule has 1 heterocycles. The Labute approximate surface area is 186 Å². The number of benzene rings is 2. The molecule has 164 valence electrons. The molecule has 2 N–H and O–H groups in total. The highest BCUT2D eigenvalue weighted by Crippen LogP contribution is 2.22. The first-order valence-electron chi connectivity index (χ1n) is 10.3. The molecular weight excluding hydrogens is 414 g/mol. The molecule has 2 aromatic rings. The Balaban J connectivity index is 1.36. The van der Waals surface area contributed by atoms with Crippen molar-refractivity contribution in [1.82, 2.24) is 10.7 Å². The molecule has 0 radical (unpaired) electrons. The number of nitrogens with one attached hydrogen (secondary N) is 2. The number of hydrogen-bond acceptors (Lipinski definition) is 6. The highest BCUT2D eigenvalue weighted by atomic mass is 32.2. The van der Waals surface area contributed by atoms with Gasteiger partial charge in [0, 0.05) is 18.0 Å². The topological polar surface area (TPSA) is 89.0 Å². The maximum atomic E-state index is 12.2. The second-order valence-electron chi connectivity index (χ2n) is 7.10. The van der Waals surface area contributed by atoms with Crippen molar-refractivity contribution < 1.29 is 19.1 Å². The zero-order valence-electron chi connectivity index (χ0n) is 17.5. The van der Waals surface area contributed by atoms with E-state index in [1.54, 1.807) is 30.5 Å². The van der Waals surface area contributed by atoms with Gasteiger partial charge in [-0.05, 0) is 61.7 Å². The molecule has 0 saturated carbocycles. The molecule has 1 aliphatic heterocycles. The minimum Gasteiger partial charge on any atom is -0.484 e. The normalized spacial score (nSPS) is 16.7. The summed E-state index contributed by atoms with van der Waals surface area (Å²) >= 11 is 1.48. The van der Waals surface area contributed by atoms with E-state index in [1.807, 2.05) is 37.3 Å². The molecule has 2 aromatic carbocycles. The van der Waals surface area contributed by atoms with E-state index in [1.165, 1.54) is 11.8 Å². The summed E-state index contributed by atoms with van der Waals surface area (Å²) < 4.78 is 11.0. The summed E-state index contributed by atoms with van der Waals surface area (Å²) in [6.45, 7) is 3.08. The van der Waals surface area contributed by atoms with E-state index in [0.717, 1.165) is 29.9 Å². The van der Waals surface area contributed by atoms with Gasteiger partial charge in [-0.25, -0.2) is 5.43 Å². The van der Waals surface area contributed by atoms with Crippen LogP contribution >= 0.6 is 11.8 Å². The van der Waals surface area contributed by atoms with E-state index in [9.17, 15) is 9.59 Å². The Hall–Kier alpha value is -2.84. The maximum Gasteiger partial charge on any atom is 0.258 e. The van der Waals surface area contributed by atoms with Crippen LogP contribution in [0.1, 0.15) is 25.3 Å². The zero-order chi connectivity index (χ0) is 21.9. The first kappa shape index (κ1) is 22.8. The van der Waals surface area contributed by atoms with Gasteiger partial charge in [0.15, 0.2) is 6.61 Å². The molecule has 0 aromatic heterocycles. The Morgan fingerprint density at radius 1 is 1.23 bits per heavy atom. The lowest BCUT2D eigenvalue weighted by Crippen LogP contribution is -2.35. The number of nitrogens with zero attached hydrogens (tertiary/aromatic N) is 1. The Bertz CT molecular complexity index is 868. The van der Waals surface area contributed by atoms with E-state index < -0.39 is 0 Å². The van der Waals surface area contributed by atoms with E-state index in [-0.39, 0.29) is 29.8 Å². The summed E-state index contributed by atoms with van der Waals surface area (Å²) in [6.07, 6.45) is 3.70. The van der Waals surface area contributed by atoms with E-state index in [2.05, 4.69) is 15.8 Å². The second kappa shape index (κ2) is 12.1. The van der Waals surface area contributed by atoms with Crippen LogP contribution in [0.15, 0.2) is 64.6 Å². The van der Waals surface area contributed by atoms with Crippen molar-refractivity contribution in [2.45, 2.75) is 36.0 Å². The predicted octanol–water partition coefficient (Wildman–Crippen LogP) is 2.99. The van der Waals surface area contributed by atoms with Gasteiger partial charge in [-0.15, -0.1) is 11.8 Å². The summed E-state index contributed by atoms with van der Waals surface area (Å²) in [5.74, 6) is 0.242. The maximum absolute atomic E-state index is 12.2. The van der Waals surface area contributed by atoms with Crippen LogP contribution in [0.25, 0.3) is 0 Å². The Kier molecular flexibility index (Phi) is 8.93. The number of amides is 2. The molecule has 0 spiro atoms. The largest absolute Gasteiger partial charge is 0.484 e. The molecule has 2 amide bonds. The highest BCUT2D eigenvalue weighted by molar-refractivity contribution is 8.00. The lowest BCUT2D eigenvalue weighted by Gasteiger charge is -2.11. The molecule has 31 heavy (non-hydrogen) atoms. The van der Waals surface area contributed by atoms with Crippen LogP contribution in [0.5, 0.6) is 5.75 Å². The molecular formula is C23H27N3O4S. The van der Waals surface area contributed by atoms with Crippen molar-refractivity contribution in [2.75, 3.05) is 19.8 Å². The number of ether oxygens (including phenoxy) is 2. The van der Waals surface area contributed by atoms with E-state index in [0.29, 0.717) is 12.3 Å². The molecule has 3 rings (SSSR count). The van der Waals surface area contributed by atoms with Gasteiger partial charge in [0.05, 0.1) is 17.6 Å². The standard InChI is InChI=1S/C23H27N3O4S/c1-17(31-21-7-3-2-4-8-21)23(28)26-25-14-18-9-11-19(12-10-18)30-16-22(27)24-15-20-6-5-13-29-20/h2-4,7-12,14,17,20H,5-6,13,15-16H2,1H3,(H,24,27)(H,26,28)/b25-14-/t17-,20+/m0/s1. The third-order valence-electron chi connectivity index (χ3n) is 4.61. The van der Waals surface area contributed by atoms with Crippen LogP contribution < -0.4 is 15.5 Å². The number of hydrazone groups is 1. The molecule has 7 nitrogen and oxygen atoms in total. The highest BCUT2D eigenvalue weighted by Gasteiger charge is 2.16. The van der Waals surface area contributed by atoms with Gasteiger partial charge in [-0.2, -0.15) is 5.10 Å². The third-order valence-corrected chi connectivity index (χ3v) is 5.73. The second-order valence-corrected chi connectivity index (χ2v) is 8.52. The zero-order valence-corrected chi connectivity index (χ0v) is 18.3. The van der Waals surface area contributed by atoms with Gasteiger partial charge in [-0.1, -0.05) is 18.2 Å². The fraction of sp³-hybridized carbons (Fsp3) is 0.348. The fourth-order valence-electron chi connectivity index (χ4n) is 2.90. The number of carbonyl (C=O) groups is 2. The minimum atomic E-state index is -0.262. The van der Waals surface area contributed by atoms with Crippen molar-refractivity contribution in [3.8, 4) is 5.75 Å². The Morgan fingerprint density at radius 2 is 2.00 bits per heavy atom. The quantitative estimate of drug-likeness (QED) is 0.336. The first-order valence-corrected chi connectivity index (χ1v) is 11.1. The van der Waals surface area contributed by atoms with E-state index >= 15 is 0 Å². The van der Waals surface area contributed by atoms with Gasteiger partial charge in [0.1, 0.15) is 5.75 Å². The van der Waals surface area contributed by atoms with Crippen molar-refractivity contribution in [3.05, 3.63) is 60.2 Å². The molecule has 0 unspecified atom stereocenters. The van der Waals surface area contributed by atoms with Crippen LogP contribution in [0.3, 0.4) is 0 Å². The minimum absolute atomic E-state index is 0.0484. The summed E-state index contributed by atoms with van der Waals surface area (Å²) in [5, 5.41) is 6.57.